The monoisotopic (exact) mass is 820 g/mol. The molecule has 0 radical (unpaired) electrons. The van der Waals surface area contributed by atoms with E-state index in [2.05, 4.69) is 27.5 Å². The fourth-order valence-corrected chi connectivity index (χ4v) is 8.17. The minimum Gasteiger partial charge on any atom is -0.497 e. The quantitative estimate of drug-likeness (QED) is 0.104. The molecule has 1 aromatic carbocycles. The van der Waals surface area contributed by atoms with Crippen LogP contribution in [0.3, 0.4) is 0 Å². The molecule has 4 amide bonds. The number of hydrogen-bond acceptors (Lipinski definition) is 13. The number of thiazole rings is 1. The van der Waals surface area contributed by atoms with Gasteiger partial charge in [-0.3, -0.25) is 14.9 Å². The van der Waals surface area contributed by atoms with Crippen LogP contribution in [0, 0.1) is 11.3 Å². The Hall–Kier alpha value is -5.45. The molecule has 16 nitrogen and oxygen atoms in total. The maximum atomic E-state index is 14.7. The van der Waals surface area contributed by atoms with E-state index >= 15 is 0 Å². The Kier molecular flexibility index (Phi) is 12.5. The van der Waals surface area contributed by atoms with Gasteiger partial charge in [0.05, 0.1) is 38.1 Å². The Labute approximate surface area is 341 Å². The topological polar surface area (TPSA) is 197 Å². The summed E-state index contributed by atoms with van der Waals surface area (Å²) < 4.78 is 28.1. The Bertz CT molecular complexity index is 2060. The molecular formula is C41H52N6O10S. The van der Waals surface area contributed by atoms with Gasteiger partial charge in [0.25, 0.3) is 0 Å². The van der Waals surface area contributed by atoms with Crippen molar-refractivity contribution in [1.82, 2.24) is 25.5 Å². The summed E-state index contributed by atoms with van der Waals surface area (Å²) in [6.07, 6.45) is 2.78. The molecule has 17 heteroatoms. The lowest BCUT2D eigenvalue weighted by Gasteiger charge is -2.35. The van der Waals surface area contributed by atoms with E-state index in [4.69, 9.17) is 28.7 Å². The molecule has 0 bridgehead atoms. The zero-order valence-electron chi connectivity index (χ0n) is 33.9. The van der Waals surface area contributed by atoms with E-state index < -0.39 is 59.1 Å². The number of nitrogens with one attached hydrogen (secondary N) is 3. The number of amides is 4. The summed E-state index contributed by atoms with van der Waals surface area (Å²) in [6, 6.07) is 4.87. The molecule has 3 N–H and O–H groups in total. The van der Waals surface area contributed by atoms with Crippen molar-refractivity contribution in [3.05, 3.63) is 42.3 Å². The number of aromatic nitrogens is 2. The van der Waals surface area contributed by atoms with Gasteiger partial charge in [-0.25, -0.2) is 24.4 Å². The summed E-state index contributed by atoms with van der Waals surface area (Å²) in [7, 11) is 2.80. The van der Waals surface area contributed by atoms with Crippen molar-refractivity contribution in [2.24, 2.45) is 11.3 Å². The average molecular weight is 821 g/mol. The summed E-state index contributed by atoms with van der Waals surface area (Å²) in [5.41, 5.74) is -0.685. The number of nitrogens with zero attached hydrogens (tertiary/aromatic N) is 3. The molecule has 3 heterocycles. The molecule has 3 fully saturated rings. The molecular weight excluding hydrogens is 769 g/mol. The zero-order chi connectivity index (χ0) is 41.9. The first-order chi connectivity index (χ1) is 27.5. The number of methoxy groups -OCH3 is 2. The van der Waals surface area contributed by atoms with Gasteiger partial charge in [-0.1, -0.05) is 26.8 Å². The van der Waals surface area contributed by atoms with Crippen molar-refractivity contribution in [2.45, 2.75) is 109 Å². The Morgan fingerprint density at radius 1 is 1.02 bits per heavy atom. The lowest BCUT2D eigenvalue weighted by Crippen LogP contribution is -2.59. The first kappa shape index (κ1) is 42.2. The van der Waals surface area contributed by atoms with Gasteiger partial charge in [0.15, 0.2) is 5.13 Å². The van der Waals surface area contributed by atoms with E-state index in [-0.39, 0.29) is 31.1 Å². The number of carbonyl (C=O) groups excluding carboxylic acids is 5. The lowest BCUT2D eigenvalue weighted by atomic mass is 9.85. The van der Waals surface area contributed by atoms with Crippen molar-refractivity contribution >= 4 is 57.3 Å². The normalized spacial score (nSPS) is 22.2. The van der Waals surface area contributed by atoms with Crippen LogP contribution in [0.1, 0.15) is 73.1 Å². The number of benzene rings is 1. The predicted molar refractivity (Wildman–Crippen MR) is 215 cm³/mol. The third-order valence-electron chi connectivity index (χ3n) is 10.6. The predicted octanol–water partition coefficient (Wildman–Crippen LogP) is 5.99. The molecule has 3 aromatic rings. The van der Waals surface area contributed by atoms with E-state index in [1.165, 1.54) is 23.3 Å². The Morgan fingerprint density at radius 2 is 1.76 bits per heavy atom. The number of fused-ring (bicyclic) bond motifs is 1. The Balaban J connectivity index is 1.32. The summed E-state index contributed by atoms with van der Waals surface area (Å²) in [6.45, 7) is 12.7. The van der Waals surface area contributed by atoms with Gasteiger partial charge in [-0.15, -0.1) is 17.9 Å². The molecule has 2 saturated carbocycles. The number of esters is 1. The molecule has 312 valence electrons. The molecule has 2 aromatic heterocycles. The first-order valence-corrected chi connectivity index (χ1v) is 20.3. The minimum absolute atomic E-state index is 0.0308. The number of ether oxygens (including phenoxy) is 5. The fraction of sp³-hybridized carbons (Fsp3) is 0.537. The van der Waals surface area contributed by atoms with Crippen LogP contribution in [0.2, 0.25) is 0 Å². The third-order valence-corrected chi connectivity index (χ3v) is 11.3. The number of carbonyl (C=O) groups is 5. The van der Waals surface area contributed by atoms with Crippen LogP contribution in [0.25, 0.3) is 22.3 Å². The van der Waals surface area contributed by atoms with Gasteiger partial charge in [0.2, 0.25) is 11.8 Å². The van der Waals surface area contributed by atoms with Crippen LogP contribution in [0.4, 0.5) is 14.7 Å². The van der Waals surface area contributed by atoms with E-state index in [0.29, 0.717) is 45.3 Å². The van der Waals surface area contributed by atoms with Gasteiger partial charge in [-0.05, 0) is 63.5 Å². The molecule has 5 atom stereocenters. The minimum atomic E-state index is -1.31. The number of pyridine rings is 1. The highest BCUT2D eigenvalue weighted by Crippen LogP contribution is 2.46. The van der Waals surface area contributed by atoms with Gasteiger partial charge < -0.3 is 39.2 Å². The number of anilines is 1. The number of likely N-dealkylation sites (tertiary alicyclic amines) is 1. The van der Waals surface area contributed by atoms with Crippen LogP contribution < -0.4 is 25.4 Å². The van der Waals surface area contributed by atoms with Crippen LogP contribution in [0.5, 0.6) is 11.5 Å². The van der Waals surface area contributed by atoms with Gasteiger partial charge in [0.1, 0.15) is 47.0 Å². The number of rotatable bonds is 13. The standard InChI is InChI=1S/C41H52N6O10S/c1-9-23-19-41(23,36(50)54-8)46-34(48)31-17-26(20-47(31)35(49)33(40(4,5)6)44-38(51)57-24-12-10-11-13-24)56-32-18-29(42-28-16-25(53-7)14-15-27(28)32)30-21-58-37(43-30)45-39(52)55-22(2)3/h9,14-16,18,21-24,26,31,33H,1,10-13,17,19-20H2,2-8H3,(H,44,51)(H,46,48)(H,43,45,52). The van der Waals surface area contributed by atoms with E-state index in [9.17, 15) is 24.0 Å². The summed E-state index contributed by atoms with van der Waals surface area (Å²) in [4.78, 5) is 78.1. The first-order valence-electron chi connectivity index (χ1n) is 19.4. The number of alkyl carbamates (subject to hydrolysis) is 1. The van der Waals surface area contributed by atoms with Crippen molar-refractivity contribution in [3.63, 3.8) is 0 Å². The highest BCUT2D eigenvalue weighted by atomic mass is 32.1. The van der Waals surface area contributed by atoms with Crippen molar-refractivity contribution < 1.29 is 47.7 Å². The second kappa shape index (κ2) is 17.2. The molecule has 1 aliphatic heterocycles. The van der Waals surface area contributed by atoms with Gasteiger partial charge in [0, 0.05) is 35.2 Å². The third kappa shape index (κ3) is 9.30. The van der Waals surface area contributed by atoms with E-state index in [0.717, 1.165) is 25.7 Å². The van der Waals surface area contributed by atoms with Crippen LogP contribution in [-0.4, -0.2) is 102 Å². The molecule has 1 saturated heterocycles. The molecule has 0 spiro atoms. The maximum Gasteiger partial charge on any atom is 0.413 e. The molecule has 3 aliphatic rings. The van der Waals surface area contributed by atoms with Crippen molar-refractivity contribution in [2.75, 3.05) is 26.1 Å². The molecule has 2 aliphatic carbocycles. The maximum absolute atomic E-state index is 14.7. The highest BCUT2D eigenvalue weighted by Gasteiger charge is 2.62. The van der Waals surface area contributed by atoms with Gasteiger partial charge >= 0.3 is 18.2 Å². The molecule has 5 unspecified atom stereocenters. The Morgan fingerprint density at radius 3 is 2.40 bits per heavy atom. The lowest BCUT2D eigenvalue weighted by molar-refractivity contribution is -0.148. The van der Waals surface area contributed by atoms with Crippen LogP contribution >= 0.6 is 11.3 Å². The van der Waals surface area contributed by atoms with E-state index in [1.54, 1.807) is 56.7 Å². The largest absolute Gasteiger partial charge is 0.497 e. The van der Waals surface area contributed by atoms with Crippen LogP contribution in [-0.2, 0) is 28.6 Å². The SMILES string of the molecule is C=CC1CC1(NC(=O)C1CC(Oc2cc(-c3csc(NC(=O)OC(C)C)n3)nc3cc(OC)ccc23)CN1C(=O)C(NC(=O)OC1CCCC1)C(C)(C)C)C(=O)OC. The average Bonchev–Trinajstić information content (AvgIpc) is 3.60. The molecule has 6 rings (SSSR count). The summed E-state index contributed by atoms with van der Waals surface area (Å²) in [5.74, 6) is -1.08. The summed E-state index contributed by atoms with van der Waals surface area (Å²) in [5, 5.41) is 11.0. The second-order valence-corrected chi connectivity index (χ2v) is 17.1. The van der Waals surface area contributed by atoms with Gasteiger partial charge in [-0.2, -0.15) is 0 Å². The van der Waals surface area contributed by atoms with Crippen molar-refractivity contribution in [3.8, 4) is 22.9 Å². The smallest absolute Gasteiger partial charge is 0.413 e. The van der Waals surface area contributed by atoms with Crippen LogP contribution in [0.15, 0.2) is 42.3 Å². The number of hydrogen-bond donors (Lipinski definition) is 3. The highest BCUT2D eigenvalue weighted by molar-refractivity contribution is 7.14. The van der Waals surface area contributed by atoms with E-state index in [1.807, 2.05) is 20.8 Å². The zero-order valence-corrected chi connectivity index (χ0v) is 34.7. The molecule has 58 heavy (non-hydrogen) atoms. The summed E-state index contributed by atoms with van der Waals surface area (Å²) >= 11 is 1.20. The van der Waals surface area contributed by atoms with Crippen molar-refractivity contribution in [1.29, 1.82) is 0 Å². The second-order valence-electron chi connectivity index (χ2n) is 16.2. The fourth-order valence-electron chi connectivity index (χ4n) is 7.48.